The van der Waals surface area contributed by atoms with Gasteiger partial charge in [-0.05, 0) is 56.2 Å². The lowest BCUT2D eigenvalue weighted by molar-refractivity contribution is -0.135. The molecule has 0 N–H and O–H groups in total. The molecule has 0 radical (unpaired) electrons. The number of para-hydroxylation sites is 1. The maximum atomic E-state index is 13.7. The first-order chi connectivity index (χ1) is 16.5. The third-order valence-electron chi connectivity index (χ3n) is 6.13. The second-order valence-corrected chi connectivity index (χ2v) is 8.59. The molecule has 4 aromatic rings. The van der Waals surface area contributed by atoms with Gasteiger partial charge in [0, 0.05) is 6.42 Å². The molecule has 176 valence electrons. The average Bonchev–Trinajstić information content (AvgIpc) is 3.37. The molecule has 6 nitrogen and oxygen atoms in total. The Morgan fingerprint density at radius 2 is 1.82 bits per heavy atom. The second kappa shape index (κ2) is 10.5. The van der Waals surface area contributed by atoms with Crippen molar-refractivity contribution in [3.8, 4) is 5.69 Å². The SMILES string of the molecule is CCCCC(=O)N(Cc1ccco1)C(CC)c1nc2ccccc2c(=O)n1-c1ccc(C)cc1. The number of fused-ring (bicyclic) bond motifs is 1. The van der Waals surface area contributed by atoms with E-state index < -0.39 is 6.04 Å². The van der Waals surface area contributed by atoms with Gasteiger partial charge in [-0.1, -0.05) is 50.1 Å². The van der Waals surface area contributed by atoms with Crippen molar-refractivity contribution < 1.29 is 9.21 Å². The molecule has 0 aliphatic carbocycles. The predicted octanol–water partition coefficient (Wildman–Crippen LogP) is 5.96. The van der Waals surface area contributed by atoms with Crippen LogP contribution in [0.3, 0.4) is 0 Å². The minimum atomic E-state index is -0.395. The van der Waals surface area contributed by atoms with Crippen molar-refractivity contribution in [2.24, 2.45) is 0 Å². The van der Waals surface area contributed by atoms with Crippen LogP contribution in [0, 0.1) is 6.92 Å². The number of benzene rings is 2. The summed E-state index contributed by atoms with van der Waals surface area (Å²) in [5.41, 5.74) is 2.33. The molecule has 0 saturated heterocycles. The van der Waals surface area contributed by atoms with Crippen molar-refractivity contribution in [1.82, 2.24) is 14.5 Å². The van der Waals surface area contributed by atoms with E-state index >= 15 is 0 Å². The van der Waals surface area contributed by atoms with E-state index in [0.717, 1.165) is 24.1 Å². The molecule has 1 unspecified atom stereocenters. The number of unbranched alkanes of at least 4 members (excludes halogenated alkanes) is 1. The maximum Gasteiger partial charge on any atom is 0.266 e. The Bertz CT molecular complexity index is 1310. The summed E-state index contributed by atoms with van der Waals surface area (Å²) in [4.78, 5) is 33.9. The van der Waals surface area contributed by atoms with Crippen LogP contribution in [-0.2, 0) is 11.3 Å². The third-order valence-corrected chi connectivity index (χ3v) is 6.13. The summed E-state index contributed by atoms with van der Waals surface area (Å²) < 4.78 is 7.25. The molecule has 0 aliphatic heterocycles. The summed E-state index contributed by atoms with van der Waals surface area (Å²) in [5, 5.41) is 0.552. The van der Waals surface area contributed by atoms with Crippen LogP contribution < -0.4 is 5.56 Å². The van der Waals surface area contributed by atoms with Gasteiger partial charge in [-0.25, -0.2) is 4.98 Å². The second-order valence-electron chi connectivity index (χ2n) is 8.59. The molecule has 2 aromatic carbocycles. The van der Waals surface area contributed by atoms with Crippen molar-refractivity contribution in [1.29, 1.82) is 0 Å². The number of rotatable bonds is 9. The Morgan fingerprint density at radius 1 is 1.06 bits per heavy atom. The van der Waals surface area contributed by atoms with E-state index in [-0.39, 0.29) is 11.5 Å². The molecule has 0 aliphatic rings. The Kier molecular flexibility index (Phi) is 7.26. The van der Waals surface area contributed by atoms with Crippen molar-refractivity contribution in [2.45, 2.75) is 59.0 Å². The molecule has 34 heavy (non-hydrogen) atoms. The first-order valence-corrected chi connectivity index (χ1v) is 11.9. The molecule has 2 aromatic heterocycles. The zero-order chi connectivity index (χ0) is 24.1. The standard InChI is InChI=1S/C28H31N3O3/c1-4-6-13-26(32)30(19-22-10-9-18-34-22)25(5-2)27-29-24-12-8-7-11-23(24)28(33)31(27)21-16-14-20(3)15-17-21/h7-12,14-18,25H,4-6,13,19H2,1-3H3. The molecular formula is C28H31N3O3. The normalized spacial score (nSPS) is 12.1. The van der Waals surface area contributed by atoms with Gasteiger partial charge in [0.05, 0.1) is 35.4 Å². The number of furan rings is 1. The van der Waals surface area contributed by atoms with Gasteiger partial charge in [0.15, 0.2) is 0 Å². The van der Waals surface area contributed by atoms with E-state index in [0.29, 0.717) is 41.9 Å². The van der Waals surface area contributed by atoms with Gasteiger partial charge in [-0.15, -0.1) is 0 Å². The van der Waals surface area contributed by atoms with E-state index in [2.05, 4.69) is 6.92 Å². The number of nitrogens with zero attached hydrogens (tertiary/aromatic N) is 3. The monoisotopic (exact) mass is 457 g/mol. The van der Waals surface area contributed by atoms with Gasteiger partial charge < -0.3 is 9.32 Å². The summed E-state index contributed by atoms with van der Waals surface area (Å²) in [5.74, 6) is 1.29. The quantitative estimate of drug-likeness (QED) is 0.311. The number of hydrogen-bond acceptors (Lipinski definition) is 4. The van der Waals surface area contributed by atoms with E-state index in [1.165, 1.54) is 0 Å². The van der Waals surface area contributed by atoms with Crippen molar-refractivity contribution in [3.05, 3.63) is 94.4 Å². The Balaban J connectivity index is 1.91. The van der Waals surface area contributed by atoms with Crippen LogP contribution in [0.5, 0.6) is 0 Å². The maximum absolute atomic E-state index is 13.7. The van der Waals surface area contributed by atoms with E-state index in [4.69, 9.17) is 9.40 Å². The van der Waals surface area contributed by atoms with Crippen LogP contribution in [0.2, 0.25) is 0 Å². The van der Waals surface area contributed by atoms with Gasteiger partial charge in [0.2, 0.25) is 5.91 Å². The van der Waals surface area contributed by atoms with Crippen LogP contribution >= 0.6 is 0 Å². The molecule has 0 spiro atoms. The lowest BCUT2D eigenvalue weighted by Gasteiger charge is -2.32. The fraction of sp³-hybridized carbons (Fsp3) is 0.321. The highest BCUT2D eigenvalue weighted by Gasteiger charge is 2.29. The molecule has 4 rings (SSSR count). The van der Waals surface area contributed by atoms with E-state index in [1.54, 1.807) is 16.9 Å². The molecule has 0 saturated carbocycles. The van der Waals surface area contributed by atoms with Crippen LogP contribution in [0.25, 0.3) is 16.6 Å². The number of aromatic nitrogens is 2. The molecule has 0 bridgehead atoms. The van der Waals surface area contributed by atoms with Gasteiger partial charge in [0.25, 0.3) is 5.56 Å². The smallest absolute Gasteiger partial charge is 0.266 e. The van der Waals surface area contributed by atoms with Gasteiger partial charge in [-0.3, -0.25) is 14.2 Å². The van der Waals surface area contributed by atoms with E-state index in [1.807, 2.05) is 73.3 Å². The lowest BCUT2D eigenvalue weighted by atomic mass is 10.1. The van der Waals surface area contributed by atoms with Gasteiger partial charge in [0.1, 0.15) is 11.6 Å². The van der Waals surface area contributed by atoms with Crippen molar-refractivity contribution in [2.75, 3.05) is 0 Å². The van der Waals surface area contributed by atoms with Crippen LogP contribution in [0.4, 0.5) is 0 Å². The fourth-order valence-corrected chi connectivity index (χ4v) is 4.27. The highest BCUT2D eigenvalue weighted by Crippen LogP contribution is 2.28. The zero-order valence-electron chi connectivity index (χ0n) is 20.0. The highest BCUT2D eigenvalue weighted by atomic mass is 16.3. The van der Waals surface area contributed by atoms with Gasteiger partial charge >= 0.3 is 0 Å². The third kappa shape index (κ3) is 4.81. The van der Waals surface area contributed by atoms with Crippen molar-refractivity contribution >= 4 is 16.8 Å². The minimum Gasteiger partial charge on any atom is -0.467 e. The molecule has 0 fully saturated rings. The summed E-state index contributed by atoms with van der Waals surface area (Å²) in [6.07, 6.45) is 4.39. The minimum absolute atomic E-state index is 0.0305. The number of hydrogen-bond donors (Lipinski definition) is 0. The molecule has 1 amide bonds. The fourth-order valence-electron chi connectivity index (χ4n) is 4.27. The molecule has 2 heterocycles. The highest BCUT2D eigenvalue weighted by molar-refractivity contribution is 5.79. The number of carbonyl (C=O) groups is 1. The first kappa shape index (κ1) is 23.5. The summed E-state index contributed by atoms with van der Waals surface area (Å²) >= 11 is 0. The topological polar surface area (TPSA) is 68.3 Å². The van der Waals surface area contributed by atoms with Crippen LogP contribution in [-0.4, -0.2) is 20.4 Å². The summed E-state index contributed by atoms with van der Waals surface area (Å²) in [6, 6.07) is 18.5. The largest absolute Gasteiger partial charge is 0.467 e. The van der Waals surface area contributed by atoms with Gasteiger partial charge in [-0.2, -0.15) is 0 Å². The average molecular weight is 458 g/mol. The van der Waals surface area contributed by atoms with Crippen LogP contribution in [0.15, 0.2) is 76.1 Å². The predicted molar refractivity (Wildman–Crippen MR) is 134 cm³/mol. The Labute approximate surface area is 199 Å². The zero-order valence-corrected chi connectivity index (χ0v) is 20.0. The number of aryl methyl sites for hydroxylation is 1. The van der Waals surface area contributed by atoms with Crippen LogP contribution in [0.1, 0.15) is 62.7 Å². The Hall–Kier alpha value is -3.67. The van der Waals surface area contributed by atoms with E-state index in [9.17, 15) is 9.59 Å². The summed E-state index contributed by atoms with van der Waals surface area (Å²) in [6.45, 7) is 6.43. The number of amides is 1. The Morgan fingerprint density at radius 3 is 2.50 bits per heavy atom. The van der Waals surface area contributed by atoms with Crippen molar-refractivity contribution in [3.63, 3.8) is 0 Å². The molecule has 1 atom stereocenters. The molecule has 6 heteroatoms. The lowest BCUT2D eigenvalue weighted by Crippen LogP contribution is -2.38. The first-order valence-electron chi connectivity index (χ1n) is 11.9. The number of carbonyl (C=O) groups excluding carboxylic acids is 1. The summed E-state index contributed by atoms with van der Waals surface area (Å²) in [7, 11) is 0. The molecular weight excluding hydrogens is 426 g/mol.